The molecular formula is C13H14N2O6. The van der Waals surface area contributed by atoms with E-state index in [9.17, 15) is 19.7 Å². The van der Waals surface area contributed by atoms with Gasteiger partial charge in [-0.1, -0.05) is 0 Å². The van der Waals surface area contributed by atoms with Gasteiger partial charge in [0.15, 0.2) is 5.60 Å². The molecule has 0 spiro atoms. The van der Waals surface area contributed by atoms with Crippen molar-refractivity contribution in [3.05, 3.63) is 28.3 Å². The van der Waals surface area contributed by atoms with Gasteiger partial charge in [-0.3, -0.25) is 19.7 Å². The summed E-state index contributed by atoms with van der Waals surface area (Å²) in [5.74, 6) is -1.17. The van der Waals surface area contributed by atoms with Gasteiger partial charge in [-0.05, 0) is 19.9 Å². The lowest BCUT2D eigenvalue weighted by molar-refractivity contribution is -0.384. The van der Waals surface area contributed by atoms with Crippen LogP contribution in [-0.2, 0) is 9.59 Å². The lowest BCUT2D eigenvalue weighted by Crippen LogP contribution is -2.53. The van der Waals surface area contributed by atoms with Gasteiger partial charge in [0.05, 0.1) is 17.0 Å². The number of carbonyl (C=O) groups excluding carboxylic acids is 1. The van der Waals surface area contributed by atoms with Crippen molar-refractivity contribution in [2.24, 2.45) is 0 Å². The minimum absolute atomic E-state index is 0.0743. The number of carboxylic acids is 1. The molecule has 1 aromatic carbocycles. The van der Waals surface area contributed by atoms with Gasteiger partial charge in [-0.25, -0.2) is 0 Å². The number of nitrogens with zero attached hydrogens (tertiary/aromatic N) is 2. The third-order valence-corrected chi connectivity index (χ3v) is 3.12. The maximum atomic E-state index is 12.3. The van der Waals surface area contributed by atoms with Gasteiger partial charge in [0, 0.05) is 18.7 Å². The number of benzene rings is 1. The minimum Gasteiger partial charge on any atom is -0.481 e. The number of non-ortho nitro benzene ring substituents is 1. The molecule has 1 aromatic rings. The first-order valence-corrected chi connectivity index (χ1v) is 6.23. The van der Waals surface area contributed by atoms with E-state index in [0.717, 1.165) is 0 Å². The van der Waals surface area contributed by atoms with Crippen molar-refractivity contribution in [2.75, 3.05) is 11.4 Å². The number of carboxylic acid groups (broad SMARTS) is 1. The Morgan fingerprint density at radius 1 is 1.48 bits per heavy atom. The largest absolute Gasteiger partial charge is 0.481 e. The topological polar surface area (TPSA) is 110 Å². The molecule has 1 N–H and O–H groups in total. The molecule has 0 radical (unpaired) electrons. The average molecular weight is 294 g/mol. The Morgan fingerprint density at radius 2 is 2.14 bits per heavy atom. The number of amides is 1. The molecule has 112 valence electrons. The summed E-state index contributed by atoms with van der Waals surface area (Å²) in [5, 5.41) is 19.6. The van der Waals surface area contributed by atoms with E-state index in [1.165, 1.54) is 23.1 Å². The molecule has 0 aromatic heterocycles. The summed E-state index contributed by atoms with van der Waals surface area (Å²) in [6, 6.07) is 3.90. The van der Waals surface area contributed by atoms with E-state index in [0.29, 0.717) is 5.75 Å². The molecule has 0 fully saturated rings. The molecule has 0 saturated heterocycles. The zero-order valence-corrected chi connectivity index (χ0v) is 11.5. The van der Waals surface area contributed by atoms with Crippen LogP contribution >= 0.6 is 0 Å². The van der Waals surface area contributed by atoms with E-state index in [1.807, 2.05) is 0 Å². The first kappa shape index (κ1) is 14.8. The summed E-state index contributed by atoms with van der Waals surface area (Å²) in [6.07, 6.45) is -0.260. The highest BCUT2D eigenvalue weighted by Gasteiger charge is 2.41. The Morgan fingerprint density at radius 3 is 2.71 bits per heavy atom. The third-order valence-electron chi connectivity index (χ3n) is 3.12. The zero-order valence-electron chi connectivity index (χ0n) is 11.5. The van der Waals surface area contributed by atoms with Crippen molar-refractivity contribution in [3.8, 4) is 5.75 Å². The van der Waals surface area contributed by atoms with Gasteiger partial charge >= 0.3 is 5.97 Å². The summed E-state index contributed by atoms with van der Waals surface area (Å²) in [4.78, 5) is 34.5. The molecule has 1 aliphatic rings. The molecule has 21 heavy (non-hydrogen) atoms. The summed E-state index contributed by atoms with van der Waals surface area (Å²) in [6.45, 7) is 3.05. The van der Waals surface area contributed by atoms with Gasteiger partial charge in [-0.15, -0.1) is 0 Å². The van der Waals surface area contributed by atoms with E-state index < -0.39 is 22.4 Å². The second-order valence-electron chi connectivity index (χ2n) is 5.12. The molecule has 2 rings (SSSR count). The predicted molar refractivity (Wildman–Crippen MR) is 72.4 cm³/mol. The normalized spacial score (nSPS) is 16.1. The van der Waals surface area contributed by atoms with Gasteiger partial charge < -0.3 is 14.7 Å². The smallest absolute Gasteiger partial charge is 0.305 e. The standard InChI is InChI=1S/C13H14N2O6/c1-13(2)12(18)14(6-5-11(16)17)9-7-8(15(19)20)3-4-10(9)21-13/h3-4,7H,5-6H2,1-2H3,(H,16,17). The van der Waals surface area contributed by atoms with E-state index in [4.69, 9.17) is 9.84 Å². The molecule has 1 amide bonds. The summed E-state index contributed by atoms with van der Waals surface area (Å²) in [5.41, 5.74) is -1.12. The first-order chi connectivity index (χ1) is 9.72. The Hall–Kier alpha value is -2.64. The van der Waals surface area contributed by atoms with Crippen molar-refractivity contribution in [1.82, 2.24) is 0 Å². The van der Waals surface area contributed by atoms with Crippen molar-refractivity contribution < 1.29 is 24.4 Å². The highest BCUT2D eigenvalue weighted by atomic mass is 16.6. The van der Waals surface area contributed by atoms with Gasteiger partial charge in [-0.2, -0.15) is 0 Å². The van der Waals surface area contributed by atoms with Crippen LogP contribution in [-0.4, -0.2) is 34.1 Å². The number of rotatable bonds is 4. The molecule has 0 aliphatic carbocycles. The Kier molecular flexibility index (Phi) is 3.54. The second-order valence-corrected chi connectivity index (χ2v) is 5.12. The van der Waals surface area contributed by atoms with Crippen LogP contribution in [0.4, 0.5) is 11.4 Å². The monoisotopic (exact) mass is 294 g/mol. The quantitative estimate of drug-likeness (QED) is 0.666. The first-order valence-electron chi connectivity index (χ1n) is 6.23. The van der Waals surface area contributed by atoms with Crippen molar-refractivity contribution >= 4 is 23.3 Å². The minimum atomic E-state index is -1.15. The molecule has 1 aliphatic heterocycles. The zero-order chi connectivity index (χ0) is 15.8. The molecule has 0 bridgehead atoms. The fourth-order valence-electron chi connectivity index (χ4n) is 2.10. The van der Waals surface area contributed by atoms with Crippen molar-refractivity contribution in [3.63, 3.8) is 0 Å². The number of aliphatic carboxylic acids is 1. The van der Waals surface area contributed by atoms with Crippen LogP contribution in [0.3, 0.4) is 0 Å². The molecule has 0 saturated carbocycles. The van der Waals surface area contributed by atoms with E-state index in [-0.39, 0.29) is 24.3 Å². The van der Waals surface area contributed by atoms with Crippen molar-refractivity contribution in [2.45, 2.75) is 25.9 Å². The van der Waals surface area contributed by atoms with Crippen LogP contribution in [0.25, 0.3) is 0 Å². The highest BCUT2D eigenvalue weighted by Crippen LogP contribution is 2.39. The number of hydrogen-bond acceptors (Lipinski definition) is 5. The van der Waals surface area contributed by atoms with Crippen molar-refractivity contribution in [1.29, 1.82) is 0 Å². The van der Waals surface area contributed by atoms with Crippen LogP contribution in [0.2, 0.25) is 0 Å². The van der Waals surface area contributed by atoms with Gasteiger partial charge in [0.2, 0.25) is 0 Å². The van der Waals surface area contributed by atoms with Gasteiger partial charge in [0.1, 0.15) is 5.75 Å². The molecule has 1 heterocycles. The number of nitro groups is 1. The predicted octanol–water partition coefficient (Wildman–Crippen LogP) is 1.57. The summed E-state index contributed by atoms with van der Waals surface area (Å²) in [7, 11) is 0. The molecule has 8 nitrogen and oxygen atoms in total. The maximum Gasteiger partial charge on any atom is 0.305 e. The van der Waals surface area contributed by atoms with E-state index in [2.05, 4.69) is 0 Å². The number of hydrogen-bond donors (Lipinski definition) is 1. The summed E-state index contributed by atoms with van der Waals surface area (Å²) < 4.78 is 5.54. The molecule has 0 unspecified atom stereocenters. The average Bonchev–Trinajstić information content (AvgIpc) is 2.38. The Bertz CT molecular complexity index is 625. The fraction of sp³-hybridized carbons (Fsp3) is 0.385. The number of fused-ring (bicyclic) bond motifs is 1. The van der Waals surface area contributed by atoms with Crippen LogP contribution in [0, 0.1) is 10.1 Å². The lowest BCUT2D eigenvalue weighted by Gasteiger charge is -2.38. The Balaban J connectivity index is 2.47. The lowest BCUT2D eigenvalue weighted by atomic mass is 10.0. The van der Waals surface area contributed by atoms with Gasteiger partial charge in [0.25, 0.3) is 11.6 Å². The van der Waals surface area contributed by atoms with Crippen LogP contribution < -0.4 is 9.64 Å². The molecule has 8 heteroatoms. The SMILES string of the molecule is CC1(C)Oc2ccc([N+](=O)[O-])cc2N(CCC(=O)O)C1=O. The summed E-state index contributed by atoms with van der Waals surface area (Å²) >= 11 is 0. The number of anilines is 1. The second kappa shape index (κ2) is 5.04. The van der Waals surface area contributed by atoms with Crippen LogP contribution in [0.5, 0.6) is 5.75 Å². The maximum absolute atomic E-state index is 12.3. The third kappa shape index (κ3) is 2.78. The van der Waals surface area contributed by atoms with E-state index >= 15 is 0 Å². The fourth-order valence-corrected chi connectivity index (χ4v) is 2.10. The van der Waals surface area contributed by atoms with Crippen LogP contribution in [0.15, 0.2) is 18.2 Å². The Labute approximate surface area is 120 Å². The van der Waals surface area contributed by atoms with E-state index in [1.54, 1.807) is 13.8 Å². The molecular weight excluding hydrogens is 280 g/mol. The highest BCUT2D eigenvalue weighted by molar-refractivity contribution is 6.02. The molecule has 0 atom stereocenters. The number of carbonyl (C=O) groups is 2. The number of ether oxygens (including phenoxy) is 1. The number of nitro benzene ring substituents is 1. The van der Waals surface area contributed by atoms with Crippen LogP contribution in [0.1, 0.15) is 20.3 Å².